The van der Waals surface area contributed by atoms with E-state index in [2.05, 4.69) is 0 Å². The summed E-state index contributed by atoms with van der Waals surface area (Å²) in [6.07, 6.45) is 0. The van der Waals surface area contributed by atoms with Crippen molar-refractivity contribution in [2.45, 2.75) is 6.55 Å². The molecule has 1 rings (SSSR count). The van der Waals surface area contributed by atoms with E-state index in [9.17, 15) is 0 Å². The summed E-state index contributed by atoms with van der Waals surface area (Å²) in [5.41, 5.74) is 0. The number of thioether (sulfide) groups is 1. The van der Waals surface area contributed by atoms with Crippen molar-refractivity contribution in [3.8, 4) is 0 Å². The second-order valence-corrected chi connectivity index (χ2v) is 6.31. The van der Waals surface area contributed by atoms with Gasteiger partial charge in [-0.05, 0) is 0 Å². The molecule has 3 nitrogen and oxygen atoms in total. The van der Waals surface area contributed by atoms with Crippen molar-refractivity contribution < 1.29 is 13.3 Å². The third-order valence-electron chi connectivity index (χ3n) is 1.55. The van der Waals surface area contributed by atoms with Gasteiger partial charge in [0.25, 0.3) is 0 Å². The van der Waals surface area contributed by atoms with Gasteiger partial charge >= 0.3 is 8.80 Å². The molecule has 11 heavy (non-hydrogen) atoms. The minimum absolute atomic E-state index is 0.751. The molecular formula is C6H14O3SSi. The number of rotatable bonds is 1. The van der Waals surface area contributed by atoms with Crippen molar-refractivity contribution in [3.05, 3.63) is 0 Å². The highest BCUT2D eigenvalue weighted by atomic mass is 32.2. The Balaban J connectivity index is 2.37. The first-order valence-corrected chi connectivity index (χ1v) is 7.05. The molecule has 1 fully saturated rings. The van der Waals surface area contributed by atoms with Crippen LogP contribution in [0.25, 0.3) is 0 Å². The van der Waals surface area contributed by atoms with E-state index in [1.165, 1.54) is 0 Å². The maximum absolute atomic E-state index is 5.49. The fourth-order valence-electron chi connectivity index (χ4n) is 0.834. The van der Waals surface area contributed by atoms with Crippen LogP contribution in [0.5, 0.6) is 0 Å². The van der Waals surface area contributed by atoms with Crippen molar-refractivity contribution in [3.63, 3.8) is 0 Å². The Bertz CT molecular complexity index is 114. The van der Waals surface area contributed by atoms with E-state index in [1.54, 1.807) is 7.11 Å². The van der Waals surface area contributed by atoms with Gasteiger partial charge in [0.2, 0.25) is 0 Å². The highest BCUT2D eigenvalue weighted by Crippen LogP contribution is 2.13. The van der Waals surface area contributed by atoms with Crippen LogP contribution in [-0.4, -0.2) is 40.6 Å². The van der Waals surface area contributed by atoms with Crippen molar-refractivity contribution in [2.24, 2.45) is 0 Å². The van der Waals surface area contributed by atoms with Crippen LogP contribution in [0.3, 0.4) is 0 Å². The first kappa shape index (κ1) is 9.53. The van der Waals surface area contributed by atoms with Crippen LogP contribution in [0, 0.1) is 0 Å². The zero-order valence-electron chi connectivity index (χ0n) is 6.96. The average molecular weight is 194 g/mol. The molecular weight excluding hydrogens is 180 g/mol. The Morgan fingerprint density at radius 1 is 1.27 bits per heavy atom. The predicted octanol–water partition coefficient (Wildman–Crippen LogP) is 0.981. The highest BCUT2D eigenvalue weighted by molar-refractivity contribution is 7.99. The van der Waals surface area contributed by atoms with E-state index in [1.807, 2.05) is 18.3 Å². The molecule has 1 aliphatic heterocycles. The van der Waals surface area contributed by atoms with Crippen molar-refractivity contribution in [1.82, 2.24) is 0 Å². The van der Waals surface area contributed by atoms with E-state index in [-0.39, 0.29) is 0 Å². The summed E-state index contributed by atoms with van der Waals surface area (Å²) in [7, 11) is -0.553. The third-order valence-corrected chi connectivity index (χ3v) is 4.66. The maximum Gasteiger partial charge on any atom is 0.497 e. The monoisotopic (exact) mass is 194 g/mol. The molecule has 0 atom stereocenters. The molecule has 0 radical (unpaired) electrons. The molecule has 1 heterocycles. The number of hydrogen-bond donors (Lipinski definition) is 0. The topological polar surface area (TPSA) is 27.7 Å². The molecule has 1 saturated heterocycles. The summed E-state index contributed by atoms with van der Waals surface area (Å²) in [5.74, 6) is 2.10. The Morgan fingerprint density at radius 3 is 2.27 bits per heavy atom. The van der Waals surface area contributed by atoms with Crippen LogP contribution in [-0.2, 0) is 13.3 Å². The zero-order chi connectivity index (χ0) is 8.16. The molecule has 0 aromatic heterocycles. The molecule has 0 N–H and O–H groups in total. The van der Waals surface area contributed by atoms with E-state index in [0.717, 1.165) is 24.7 Å². The molecule has 0 unspecified atom stereocenters. The van der Waals surface area contributed by atoms with E-state index < -0.39 is 8.80 Å². The summed E-state index contributed by atoms with van der Waals surface area (Å²) < 4.78 is 16.2. The van der Waals surface area contributed by atoms with E-state index in [4.69, 9.17) is 13.3 Å². The van der Waals surface area contributed by atoms with E-state index in [0.29, 0.717) is 0 Å². The first-order valence-electron chi connectivity index (χ1n) is 3.68. The summed E-state index contributed by atoms with van der Waals surface area (Å²) in [4.78, 5) is 0. The minimum Gasteiger partial charge on any atom is -0.377 e. The fourth-order valence-corrected chi connectivity index (χ4v) is 3.00. The van der Waals surface area contributed by atoms with Crippen molar-refractivity contribution >= 4 is 20.6 Å². The Labute approximate surface area is 72.8 Å². The largest absolute Gasteiger partial charge is 0.497 e. The highest BCUT2D eigenvalue weighted by Gasteiger charge is 2.33. The smallest absolute Gasteiger partial charge is 0.377 e. The van der Waals surface area contributed by atoms with Gasteiger partial charge in [0.1, 0.15) is 0 Å². The lowest BCUT2D eigenvalue weighted by atomic mass is 10.9. The summed E-state index contributed by atoms with van der Waals surface area (Å²) in [5, 5.41) is 0. The van der Waals surface area contributed by atoms with Gasteiger partial charge in [-0.2, -0.15) is 11.8 Å². The molecule has 0 aromatic carbocycles. The predicted molar refractivity (Wildman–Crippen MR) is 47.9 cm³/mol. The van der Waals surface area contributed by atoms with Gasteiger partial charge in [0.05, 0.1) is 0 Å². The summed E-state index contributed by atoms with van der Waals surface area (Å²) in [6.45, 7) is 3.44. The van der Waals surface area contributed by atoms with Crippen LogP contribution in [0.1, 0.15) is 0 Å². The van der Waals surface area contributed by atoms with Crippen LogP contribution in [0.4, 0.5) is 0 Å². The quantitative estimate of drug-likeness (QED) is 0.582. The Morgan fingerprint density at radius 2 is 1.82 bits per heavy atom. The molecule has 0 bridgehead atoms. The van der Waals surface area contributed by atoms with Gasteiger partial charge < -0.3 is 13.3 Å². The van der Waals surface area contributed by atoms with Crippen molar-refractivity contribution in [2.75, 3.05) is 31.8 Å². The van der Waals surface area contributed by atoms with Crippen LogP contribution >= 0.6 is 11.8 Å². The molecule has 66 valence electrons. The third kappa shape index (κ3) is 3.12. The van der Waals surface area contributed by atoms with Gasteiger partial charge in [-0.25, -0.2) is 0 Å². The molecule has 0 aromatic rings. The first-order chi connectivity index (χ1) is 5.27. The second kappa shape index (κ2) is 4.47. The van der Waals surface area contributed by atoms with Crippen LogP contribution in [0.15, 0.2) is 0 Å². The van der Waals surface area contributed by atoms with Gasteiger partial charge in [0.15, 0.2) is 0 Å². The lowest BCUT2D eigenvalue weighted by Gasteiger charge is -2.25. The molecule has 0 saturated carbocycles. The zero-order valence-corrected chi connectivity index (χ0v) is 8.78. The van der Waals surface area contributed by atoms with Gasteiger partial charge in [0, 0.05) is 38.4 Å². The van der Waals surface area contributed by atoms with Crippen LogP contribution < -0.4 is 0 Å². The molecule has 0 spiro atoms. The fraction of sp³-hybridized carbons (Fsp3) is 1.00. The van der Waals surface area contributed by atoms with Gasteiger partial charge in [-0.3, -0.25) is 0 Å². The maximum atomic E-state index is 5.49. The average Bonchev–Trinajstić information content (AvgIpc) is 1.98. The van der Waals surface area contributed by atoms with Gasteiger partial charge in [-0.1, -0.05) is 0 Å². The second-order valence-electron chi connectivity index (χ2n) is 2.38. The molecule has 0 aliphatic carbocycles. The Kier molecular flexibility index (Phi) is 3.87. The molecule has 1 aliphatic rings. The lowest BCUT2D eigenvalue weighted by molar-refractivity contribution is 0.0936. The van der Waals surface area contributed by atoms with Crippen molar-refractivity contribution in [1.29, 1.82) is 0 Å². The minimum atomic E-state index is -2.21. The standard InChI is InChI=1S/C6H14O3SSi/c1-7-11(2)8-3-5-10-6-4-9-11/h3-6H2,1-2H3. The molecule has 5 heteroatoms. The van der Waals surface area contributed by atoms with Crippen LogP contribution in [0.2, 0.25) is 6.55 Å². The SMILES string of the molecule is CO[Si]1(C)OCCSCCO1. The van der Waals surface area contributed by atoms with Gasteiger partial charge in [-0.15, -0.1) is 0 Å². The summed E-state index contributed by atoms with van der Waals surface area (Å²) >= 11 is 1.86. The number of hydrogen-bond acceptors (Lipinski definition) is 4. The normalized spacial score (nSPS) is 25.6. The lowest BCUT2D eigenvalue weighted by Crippen LogP contribution is -2.43. The molecule has 0 amide bonds. The summed E-state index contributed by atoms with van der Waals surface area (Å²) in [6, 6.07) is 0. The Hall–Kier alpha value is 0.447. The van der Waals surface area contributed by atoms with E-state index >= 15 is 0 Å².